The maximum atomic E-state index is 12.1. The minimum absolute atomic E-state index is 0.0643. The molecule has 1 aromatic rings. The van der Waals surface area contributed by atoms with Gasteiger partial charge in [-0.2, -0.15) is 0 Å². The number of rotatable bonds is 6. The van der Waals surface area contributed by atoms with E-state index in [2.05, 4.69) is 4.72 Å². The Morgan fingerprint density at radius 1 is 1.26 bits per heavy atom. The SMILES string of the molecule is CCC(O)(CC)CNS(=O)(=O)c1cc(Cl)ccc1Cl. The molecule has 4 nitrogen and oxygen atoms in total. The fourth-order valence-electron chi connectivity index (χ4n) is 1.49. The fourth-order valence-corrected chi connectivity index (χ4v) is 3.37. The third kappa shape index (κ3) is 4.33. The summed E-state index contributed by atoms with van der Waals surface area (Å²) >= 11 is 11.6. The van der Waals surface area contributed by atoms with Gasteiger partial charge < -0.3 is 5.11 Å². The van der Waals surface area contributed by atoms with Gasteiger partial charge in [0, 0.05) is 11.6 Å². The Bertz CT molecular complexity index is 542. The summed E-state index contributed by atoms with van der Waals surface area (Å²) in [4.78, 5) is -0.0868. The molecule has 0 spiro atoms. The zero-order valence-electron chi connectivity index (χ0n) is 10.8. The van der Waals surface area contributed by atoms with Crippen LogP contribution in [0.1, 0.15) is 26.7 Å². The number of hydrogen-bond donors (Lipinski definition) is 2. The molecule has 0 amide bonds. The van der Waals surface area contributed by atoms with Crippen molar-refractivity contribution in [3.63, 3.8) is 0 Å². The molecule has 0 saturated carbocycles. The number of hydrogen-bond acceptors (Lipinski definition) is 3. The Balaban J connectivity index is 2.96. The molecule has 0 unspecified atom stereocenters. The molecule has 0 aliphatic carbocycles. The van der Waals surface area contributed by atoms with Gasteiger partial charge in [0.1, 0.15) is 4.90 Å². The minimum Gasteiger partial charge on any atom is -0.389 e. The summed E-state index contributed by atoms with van der Waals surface area (Å²) in [6.45, 7) is 3.53. The first-order valence-electron chi connectivity index (χ1n) is 5.91. The minimum atomic E-state index is -3.79. The first-order chi connectivity index (χ1) is 8.74. The highest BCUT2D eigenvalue weighted by Gasteiger charge is 2.26. The number of sulfonamides is 1. The zero-order chi connectivity index (χ0) is 14.7. The van der Waals surface area contributed by atoms with Crippen molar-refractivity contribution in [2.45, 2.75) is 37.2 Å². The van der Waals surface area contributed by atoms with Gasteiger partial charge in [-0.05, 0) is 31.0 Å². The predicted octanol–water partition coefficient (Wildman–Crippen LogP) is 2.82. The Hall–Kier alpha value is -0.330. The van der Waals surface area contributed by atoms with Crippen LogP contribution in [-0.2, 0) is 10.0 Å². The molecule has 0 aromatic heterocycles. The number of benzene rings is 1. The molecule has 1 rings (SSSR count). The van der Waals surface area contributed by atoms with Crippen molar-refractivity contribution in [1.82, 2.24) is 4.72 Å². The second kappa shape index (κ2) is 6.41. The maximum Gasteiger partial charge on any atom is 0.242 e. The van der Waals surface area contributed by atoms with E-state index < -0.39 is 15.6 Å². The standard InChI is InChI=1S/C12H17Cl2NO3S/c1-3-12(16,4-2)8-15-19(17,18)11-7-9(13)5-6-10(11)14/h5-7,15-16H,3-4,8H2,1-2H3. The Morgan fingerprint density at radius 2 is 1.84 bits per heavy atom. The van der Waals surface area contributed by atoms with E-state index in [1.165, 1.54) is 18.2 Å². The molecule has 0 radical (unpaired) electrons. The molecule has 0 aliphatic rings. The Kier molecular flexibility index (Phi) is 5.65. The van der Waals surface area contributed by atoms with Crippen molar-refractivity contribution >= 4 is 33.2 Å². The van der Waals surface area contributed by atoms with E-state index in [1.807, 2.05) is 0 Å². The van der Waals surface area contributed by atoms with Crippen molar-refractivity contribution < 1.29 is 13.5 Å². The lowest BCUT2D eigenvalue weighted by molar-refractivity contribution is 0.0377. The molecule has 108 valence electrons. The van der Waals surface area contributed by atoms with Gasteiger partial charge >= 0.3 is 0 Å². The summed E-state index contributed by atoms with van der Waals surface area (Å²) in [5, 5.41) is 10.5. The van der Waals surface area contributed by atoms with Gasteiger partial charge in [0.15, 0.2) is 0 Å². The highest BCUT2D eigenvalue weighted by molar-refractivity contribution is 7.89. The van der Waals surface area contributed by atoms with Crippen LogP contribution in [0, 0.1) is 0 Å². The smallest absolute Gasteiger partial charge is 0.242 e. The van der Waals surface area contributed by atoms with Crippen LogP contribution < -0.4 is 4.72 Å². The summed E-state index contributed by atoms with van der Waals surface area (Å²) in [7, 11) is -3.79. The predicted molar refractivity (Wildman–Crippen MR) is 77.2 cm³/mol. The van der Waals surface area contributed by atoms with Gasteiger partial charge in [0.05, 0.1) is 10.6 Å². The largest absolute Gasteiger partial charge is 0.389 e. The molecule has 19 heavy (non-hydrogen) atoms. The maximum absolute atomic E-state index is 12.1. The van der Waals surface area contributed by atoms with E-state index in [9.17, 15) is 13.5 Å². The van der Waals surface area contributed by atoms with Crippen molar-refractivity contribution in [3.05, 3.63) is 28.2 Å². The summed E-state index contributed by atoms with van der Waals surface area (Å²) in [5.74, 6) is 0. The second-order valence-corrected chi connectivity index (χ2v) is 6.91. The van der Waals surface area contributed by atoms with E-state index in [0.717, 1.165) is 0 Å². The van der Waals surface area contributed by atoms with E-state index in [0.29, 0.717) is 12.8 Å². The molecule has 7 heteroatoms. The lowest BCUT2D eigenvalue weighted by atomic mass is 9.98. The van der Waals surface area contributed by atoms with Gasteiger partial charge in [-0.1, -0.05) is 37.0 Å². The van der Waals surface area contributed by atoms with Crippen LogP contribution >= 0.6 is 23.2 Å². The molecule has 2 N–H and O–H groups in total. The van der Waals surface area contributed by atoms with E-state index in [-0.39, 0.29) is 21.5 Å². The number of nitrogens with one attached hydrogen (secondary N) is 1. The lowest BCUT2D eigenvalue weighted by Crippen LogP contribution is -2.42. The van der Waals surface area contributed by atoms with Gasteiger partial charge in [-0.25, -0.2) is 13.1 Å². The van der Waals surface area contributed by atoms with Gasteiger partial charge in [0.2, 0.25) is 10.0 Å². The average molecular weight is 326 g/mol. The summed E-state index contributed by atoms with van der Waals surface area (Å²) in [5.41, 5.74) is -1.06. The summed E-state index contributed by atoms with van der Waals surface area (Å²) in [6.07, 6.45) is 0.907. The summed E-state index contributed by atoms with van der Waals surface area (Å²) in [6, 6.07) is 4.21. The lowest BCUT2D eigenvalue weighted by Gasteiger charge is -2.25. The normalized spacial score (nSPS) is 12.7. The topological polar surface area (TPSA) is 66.4 Å². The van der Waals surface area contributed by atoms with Crippen LogP contribution in [0.5, 0.6) is 0 Å². The van der Waals surface area contributed by atoms with Crippen LogP contribution in [0.15, 0.2) is 23.1 Å². The van der Waals surface area contributed by atoms with Crippen LogP contribution in [-0.4, -0.2) is 25.7 Å². The Morgan fingerprint density at radius 3 is 2.37 bits per heavy atom. The number of aliphatic hydroxyl groups is 1. The molecule has 0 saturated heterocycles. The molecule has 0 heterocycles. The third-order valence-electron chi connectivity index (χ3n) is 3.09. The van der Waals surface area contributed by atoms with Gasteiger partial charge in [-0.15, -0.1) is 0 Å². The van der Waals surface area contributed by atoms with Gasteiger partial charge in [-0.3, -0.25) is 0 Å². The quantitative estimate of drug-likeness (QED) is 0.845. The van der Waals surface area contributed by atoms with E-state index >= 15 is 0 Å². The second-order valence-electron chi connectivity index (χ2n) is 4.33. The fraction of sp³-hybridized carbons (Fsp3) is 0.500. The first-order valence-corrected chi connectivity index (χ1v) is 8.15. The molecule has 0 fully saturated rings. The first kappa shape index (κ1) is 16.7. The van der Waals surface area contributed by atoms with Crippen LogP contribution in [0.3, 0.4) is 0 Å². The van der Waals surface area contributed by atoms with Gasteiger partial charge in [0.25, 0.3) is 0 Å². The Labute approximate surface area is 123 Å². The number of halogens is 2. The monoisotopic (exact) mass is 325 g/mol. The molecule has 0 aliphatic heterocycles. The van der Waals surface area contributed by atoms with E-state index in [1.54, 1.807) is 13.8 Å². The zero-order valence-corrected chi connectivity index (χ0v) is 13.1. The van der Waals surface area contributed by atoms with Crippen LogP contribution in [0.4, 0.5) is 0 Å². The molecule has 0 atom stereocenters. The van der Waals surface area contributed by atoms with Crippen molar-refractivity contribution in [3.8, 4) is 0 Å². The average Bonchev–Trinajstić information content (AvgIpc) is 2.39. The van der Waals surface area contributed by atoms with Crippen LogP contribution in [0.2, 0.25) is 10.0 Å². The highest BCUT2D eigenvalue weighted by atomic mass is 35.5. The molecular formula is C12H17Cl2NO3S. The highest BCUT2D eigenvalue weighted by Crippen LogP contribution is 2.25. The van der Waals surface area contributed by atoms with Crippen molar-refractivity contribution in [2.75, 3.05) is 6.54 Å². The molecule has 1 aromatic carbocycles. The third-order valence-corrected chi connectivity index (χ3v) is 5.21. The van der Waals surface area contributed by atoms with E-state index in [4.69, 9.17) is 23.2 Å². The molecular weight excluding hydrogens is 309 g/mol. The van der Waals surface area contributed by atoms with Crippen molar-refractivity contribution in [1.29, 1.82) is 0 Å². The summed E-state index contributed by atoms with van der Waals surface area (Å²) < 4.78 is 26.6. The van der Waals surface area contributed by atoms with Crippen molar-refractivity contribution in [2.24, 2.45) is 0 Å². The van der Waals surface area contributed by atoms with Crippen LogP contribution in [0.25, 0.3) is 0 Å². The molecule has 0 bridgehead atoms.